The maximum absolute atomic E-state index is 12.3. The van der Waals surface area contributed by atoms with Crippen LogP contribution in [0.25, 0.3) is 0 Å². The molecule has 0 aromatic heterocycles. The summed E-state index contributed by atoms with van der Waals surface area (Å²) < 4.78 is 5.84. The molecule has 0 saturated heterocycles. The van der Waals surface area contributed by atoms with E-state index in [9.17, 15) is 4.79 Å². The second-order valence-electron chi connectivity index (χ2n) is 6.48. The third-order valence-electron chi connectivity index (χ3n) is 3.97. The number of carbonyl (C=O) groups excluding carboxylic acids is 1. The fourth-order valence-corrected chi connectivity index (χ4v) is 2.48. The molecule has 3 heteroatoms. The molecule has 1 aromatic rings. The summed E-state index contributed by atoms with van der Waals surface area (Å²) in [5.74, 6) is 1.54. The van der Waals surface area contributed by atoms with Crippen LogP contribution in [0.15, 0.2) is 18.2 Å². The van der Waals surface area contributed by atoms with Gasteiger partial charge in [-0.3, -0.25) is 4.79 Å². The van der Waals surface area contributed by atoms with Gasteiger partial charge in [-0.1, -0.05) is 39.8 Å². The van der Waals surface area contributed by atoms with Crippen molar-refractivity contribution in [1.29, 1.82) is 0 Å². The molecule has 0 aliphatic rings. The quantitative estimate of drug-likeness (QED) is 0.864. The lowest BCUT2D eigenvalue weighted by Gasteiger charge is -2.27. The lowest BCUT2D eigenvalue weighted by molar-refractivity contribution is -0.128. The second-order valence-corrected chi connectivity index (χ2v) is 6.48. The van der Waals surface area contributed by atoms with Gasteiger partial charge in [-0.25, -0.2) is 0 Å². The van der Waals surface area contributed by atoms with Crippen molar-refractivity contribution in [3.8, 4) is 5.75 Å². The molecule has 21 heavy (non-hydrogen) atoms. The summed E-state index contributed by atoms with van der Waals surface area (Å²) in [6, 6.07) is 6.07. The van der Waals surface area contributed by atoms with Crippen molar-refractivity contribution in [1.82, 2.24) is 5.32 Å². The van der Waals surface area contributed by atoms with Crippen LogP contribution in [0.3, 0.4) is 0 Å². The fourth-order valence-electron chi connectivity index (χ4n) is 2.48. The minimum absolute atomic E-state index is 0.0525. The largest absolute Gasteiger partial charge is 0.481 e. The standard InChI is InChI=1S/C18H29NO2/c1-11(2)17(12(3)4)19-18(20)15(7)21-16-10-8-9-13(5)14(16)6/h8-12,15,17H,1-7H3,(H,19,20)/t15-/m1/s1. The van der Waals surface area contributed by atoms with Crippen molar-refractivity contribution in [3.63, 3.8) is 0 Å². The van der Waals surface area contributed by atoms with Crippen molar-refractivity contribution in [3.05, 3.63) is 29.3 Å². The van der Waals surface area contributed by atoms with E-state index in [0.29, 0.717) is 11.8 Å². The molecule has 0 spiro atoms. The Balaban J connectivity index is 2.72. The number of nitrogens with one attached hydrogen (secondary N) is 1. The lowest BCUT2D eigenvalue weighted by Crippen LogP contribution is -2.47. The van der Waals surface area contributed by atoms with E-state index in [4.69, 9.17) is 4.74 Å². The monoisotopic (exact) mass is 291 g/mol. The molecule has 118 valence electrons. The highest BCUT2D eigenvalue weighted by atomic mass is 16.5. The first-order valence-electron chi connectivity index (χ1n) is 7.77. The first kappa shape index (κ1) is 17.5. The Labute approximate surface area is 129 Å². The molecular formula is C18H29NO2. The zero-order valence-corrected chi connectivity index (χ0v) is 14.4. The topological polar surface area (TPSA) is 38.3 Å². The Hall–Kier alpha value is -1.51. The molecule has 0 aliphatic carbocycles. The Kier molecular flexibility index (Phi) is 6.25. The lowest BCUT2D eigenvalue weighted by atomic mass is 9.93. The van der Waals surface area contributed by atoms with E-state index >= 15 is 0 Å². The normalized spacial score (nSPS) is 12.9. The summed E-state index contributed by atoms with van der Waals surface area (Å²) in [5, 5.41) is 3.11. The van der Waals surface area contributed by atoms with Gasteiger partial charge in [0.1, 0.15) is 5.75 Å². The van der Waals surface area contributed by atoms with Gasteiger partial charge in [0, 0.05) is 6.04 Å². The van der Waals surface area contributed by atoms with Gasteiger partial charge in [0.2, 0.25) is 0 Å². The van der Waals surface area contributed by atoms with Crippen molar-refractivity contribution in [2.45, 2.75) is 60.6 Å². The smallest absolute Gasteiger partial charge is 0.261 e. The molecule has 0 bridgehead atoms. The average Bonchev–Trinajstić information content (AvgIpc) is 2.40. The third-order valence-corrected chi connectivity index (χ3v) is 3.97. The Morgan fingerprint density at radius 3 is 2.14 bits per heavy atom. The number of ether oxygens (including phenoxy) is 1. The van der Waals surface area contributed by atoms with Gasteiger partial charge in [0.05, 0.1) is 0 Å². The first-order valence-corrected chi connectivity index (χ1v) is 7.77. The molecule has 1 aromatic carbocycles. The molecule has 0 radical (unpaired) electrons. The zero-order chi connectivity index (χ0) is 16.2. The molecule has 0 heterocycles. The van der Waals surface area contributed by atoms with Gasteiger partial charge >= 0.3 is 0 Å². The number of benzene rings is 1. The number of rotatable bonds is 6. The highest BCUT2D eigenvalue weighted by Crippen LogP contribution is 2.22. The summed E-state index contributed by atoms with van der Waals surface area (Å²) in [5.41, 5.74) is 2.25. The highest BCUT2D eigenvalue weighted by molar-refractivity contribution is 5.81. The van der Waals surface area contributed by atoms with E-state index in [2.05, 4.69) is 33.0 Å². The number of carbonyl (C=O) groups is 1. The van der Waals surface area contributed by atoms with Crippen LogP contribution in [0.4, 0.5) is 0 Å². The van der Waals surface area contributed by atoms with Gasteiger partial charge < -0.3 is 10.1 Å². The molecule has 0 aliphatic heterocycles. The van der Waals surface area contributed by atoms with Gasteiger partial charge in [-0.05, 0) is 49.8 Å². The maximum atomic E-state index is 12.3. The van der Waals surface area contributed by atoms with Crippen LogP contribution in [-0.2, 0) is 4.79 Å². The maximum Gasteiger partial charge on any atom is 0.261 e. The summed E-state index contributed by atoms with van der Waals surface area (Å²) in [4.78, 5) is 12.3. The van der Waals surface area contributed by atoms with Gasteiger partial charge in [-0.15, -0.1) is 0 Å². The minimum atomic E-state index is -0.495. The number of aryl methyl sites for hydroxylation is 1. The van der Waals surface area contributed by atoms with Gasteiger partial charge in [0.25, 0.3) is 5.91 Å². The van der Waals surface area contributed by atoms with Crippen molar-refractivity contribution >= 4 is 5.91 Å². The Morgan fingerprint density at radius 1 is 1.05 bits per heavy atom. The average molecular weight is 291 g/mol. The molecule has 0 fully saturated rings. The van der Waals surface area contributed by atoms with Crippen molar-refractivity contribution < 1.29 is 9.53 Å². The molecule has 1 N–H and O–H groups in total. The molecular weight excluding hydrogens is 262 g/mol. The number of hydrogen-bond donors (Lipinski definition) is 1. The van der Waals surface area contributed by atoms with E-state index in [1.807, 2.05) is 32.0 Å². The van der Waals surface area contributed by atoms with Crippen LogP contribution in [0, 0.1) is 25.7 Å². The number of amides is 1. The van der Waals surface area contributed by atoms with E-state index in [-0.39, 0.29) is 11.9 Å². The summed E-state index contributed by atoms with van der Waals surface area (Å²) in [6.45, 7) is 14.4. The van der Waals surface area contributed by atoms with Crippen LogP contribution in [0.5, 0.6) is 5.75 Å². The Bertz CT molecular complexity index is 472. The molecule has 1 amide bonds. The zero-order valence-electron chi connectivity index (χ0n) is 14.4. The SMILES string of the molecule is Cc1cccc(O[C@H](C)C(=O)NC(C(C)C)C(C)C)c1C. The highest BCUT2D eigenvalue weighted by Gasteiger charge is 2.23. The third kappa shape index (κ3) is 4.76. The van der Waals surface area contributed by atoms with Crippen LogP contribution in [-0.4, -0.2) is 18.1 Å². The van der Waals surface area contributed by atoms with Crippen LogP contribution < -0.4 is 10.1 Å². The predicted octanol–water partition coefficient (Wildman–Crippen LogP) is 3.87. The van der Waals surface area contributed by atoms with Crippen LogP contribution >= 0.6 is 0 Å². The predicted molar refractivity (Wildman–Crippen MR) is 87.6 cm³/mol. The molecule has 0 unspecified atom stereocenters. The first-order chi connectivity index (χ1) is 9.73. The summed E-state index contributed by atoms with van der Waals surface area (Å²) in [6.07, 6.45) is -0.495. The second kappa shape index (κ2) is 7.48. The Morgan fingerprint density at radius 2 is 1.62 bits per heavy atom. The summed E-state index contributed by atoms with van der Waals surface area (Å²) >= 11 is 0. The molecule has 1 atom stereocenters. The van der Waals surface area contributed by atoms with E-state index in [1.165, 1.54) is 5.56 Å². The van der Waals surface area contributed by atoms with E-state index < -0.39 is 6.10 Å². The van der Waals surface area contributed by atoms with Crippen molar-refractivity contribution in [2.24, 2.45) is 11.8 Å². The summed E-state index contributed by atoms with van der Waals surface area (Å²) in [7, 11) is 0. The fraction of sp³-hybridized carbons (Fsp3) is 0.611. The van der Waals surface area contributed by atoms with Gasteiger partial charge in [-0.2, -0.15) is 0 Å². The number of hydrogen-bond acceptors (Lipinski definition) is 2. The van der Waals surface area contributed by atoms with Gasteiger partial charge in [0.15, 0.2) is 6.10 Å². The van der Waals surface area contributed by atoms with Crippen LogP contribution in [0.2, 0.25) is 0 Å². The molecule has 3 nitrogen and oxygen atoms in total. The minimum Gasteiger partial charge on any atom is -0.481 e. The van der Waals surface area contributed by atoms with E-state index in [1.54, 1.807) is 6.92 Å². The van der Waals surface area contributed by atoms with Crippen LogP contribution in [0.1, 0.15) is 45.7 Å². The van der Waals surface area contributed by atoms with E-state index in [0.717, 1.165) is 11.3 Å². The molecule has 0 saturated carbocycles. The van der Waals surface area contributed by atoms with Crippen molar-refractivity contribution in [2.75, 3.05) is 0 Å². The molecule has 1 rings (SSSR count).